The second-order valence-corrected chi connectivity index (χ2v) is 14.0. The molecule has 0 atom stereocenters. The fourth-order valence-electron chi connectivity index (χ4n) is 6.91. The molecule has 6 nitrogen and oxygen atoms in total. The van der Waals surface area contributed by atoms with Crippen LogP contribution in [0.4, 0.5) is 0 Å². The number of carbonyl (C=O) groups excluding carboxylic acids is 2. The lowest BCUT2D eigenvalue weighted by Crippen LogP contribution is -2.44. The van der Waals surface area contributed by atoms with E-state index in [1.165, 1.54) is 0 Å². The molecule has 0 spiro atoms. The van der Waals surface area contributed by atoms with Crippen molar-refractivity contribution in [1.29, 1.82) is 0 Å². The highest BCUT2D eigenvalue weighted by Crippen LogP contribution is 2.55. The molecule has 2 aromatic carbocycles. The van der Waals surface area contributed by atoms with Crippen molar-refractivity contribution in [3.8, 4) is 11.5 Å². The van der Waals surface area contributed by atoms with Crippen LogP contribution < -0.4 is 9.47 Å². The largest absolute Gasteiger partial charge is 0.490 e. The first kappa shape index (κ1) is 31.3. The van der Waals surface area contributed by atoms with Crippen LogP contribution in [0.2, 0.25) is 5.02 Å². The molecule has 3 aliphatic rings. The van der Waals surface area contributed by atoms with Gasteiger partial charge in [-0.1, -0.05) is 69.6 Å². The van der Waals surface area contributed by atoms with Gasteiger partial charge in [-0.3, -0.25) is 9.59 Å². The summed E-state index contributed by atoms with van der Waals surface area (Å²) in [5, 5.41) is 0.399. The lowest BCUT2D eigenvalue weighted by molar-refractivity contribution is -0.119. The Bertz CT molecular complexity index is 1400. The Hall–Kier alpha value is -3.09. The van der Waals surface area contributed by atoms with Crippen LogP contribution in [0, 0.1) is 10.8 Å². The number of halogens is 1. The van der Waals surface area contributed by atoms with Gasteiger partial charge < -0.3 is 19.1 Å². The maximum Gasteiger partial charge on any atom is 0.180 e. The number of nitrogens with zero attached hydrogens (tertiary/aromatic N) is 1. The molecule has 0 N–H and O–H groups in total. The van der Waals surface area contributed by atoms with E-state index in [0.29, 0.717) is 55.7 Å². The third-order valence-electron chi connectivity index (χ3n) is 8.64. The van der Waals surface area contributed by atoms with Gasteiger partial charge in [-0.2, -0.15) is 0 Å². The fourth-order valence-corrected chi connectivity index (χ4v) is 7.18. The van der Waals surface area contributed by atoms with Gasteiger partial charge in [-0.25, -0.2) is 0 Å². The normalized spacial score (nSPS) is 19.8. The molecule has 2 aromatic rings. The molecular formula is C36H44ClNO5. The summed E-state index contributed by atoms with van der Waals surface area (Å²) in [5.74, 6) is 0.658. The van der Waals surface area contributed by atoms with Crippen LogP contribution in [0.15, 0.2) is 65.0 Å². The molecule has 230 valence electrons. The summed E-state index contributed by atoms with van der Waals surface area (Å²) >= 11 is 6.95. The van der Waals surface area contributed by atoms with E-state index < -0.39 is 5.92 Å². The molecule has 43 heavy (non-hydrogen) atoms. The molecule has 0 radical (unpaired) electrons. The number of ether oxygens (including phenoxy) is 3. The summed E-state index contributed by atoms with van der Waals surface area (Å²) in [6.07, 6.45) is 3.17. The zero-order chi connectivity index (χ0) is 30.9. The average Bonchev–Trinajstić information content (AvgIpc) is 2.92. The van der Waals surface area contributed by atoms with Crippen LogP contribution in [0.5, 0.6) is 11.5 Å². The van der Waals surface area contributed by atoms with Crippen molar-refractivity contribution in [1.82, 2.24) is 4.90 Å². The van der Waals surface area contributed by atoms with E-state index in [9.17, 15) is 9.59 Å². The van der Waals surface area contributed by atoms with Crippen LogP contribution in [0.25, 0.3) is 0 Å². The topological polar surface area (TPSA) is 65.1 Å². The third-order valence-corrected chi connectivity index (χ3v) is 8.92. The van der Waals surface area contributed by atoms with Crippen molar-refractivity contribution in [2.75, 3.05) is 26.9 Å². The van der Waals surface area contributed by atoms with E-state index in [-0.39, 0.29) is 22.4 Å². The summed E-state index contributed by atoms with van der Waals surface area (Å²) in [6, 6.07) is 13.7. The van der Waals surface area contributed by atoms with Gasteiger partial charge in [-0.15, -0.1) is 0 Å². The number of hydrogen-bond acceptors (Lipinski definition) is 6. The Kier molecular flexibility index (Phi) is 9.10. The predicted molar refractivity (Wildman–Crippen MR) is 169 cm³/mol. The van der Waals surface area contributed by atoms with E-state index in [2.05, 4.69) is 32.6 Å². The quantitative estimate of drug-likeness (QED) is 0.255. The van der Waals surface area contributed by atoms with Crippen LogP contribution in [0.1, 0.15) is 83.8 Å². The van der Waals surface area contributed by atoms with Crippen molar-refractivity contribution in [3.05, 3.63) is 81.2 Å². The smallest absolute Gasteiger partial charge is 0.180 e. The van der Waals surface area contributed by atoms with Crippen LogP contribution in [0.3, 0.4) is 0 Å². The SMILES string of the molecule is CCOc1cc(C2C3=C(CC(C)(C)CC3=O)N(CCCOC)C3=C2C(=O)CC(C)(C)C3)cc(Cl)c1OCc1ccccc1. The molecule has 1 aliphatic heterocycles. The molecule has 0 saturated carbocycles. The fraction of sp³-hybridized carbons (Fsp3) is 0.500. The lowest BCUT2D eigenvalue weighted by Gasteiger charge is -2.49. The highest BCUT2D eigenvalue weighted by molar-refractivity contribution is 6.32. The highest BCUT2D eigenvalue weighted by atomic mass is 35.5. The van der Waals surface area contributed by atoms with E-state index in [1.807, 2.05) is 49.4 Å². The number of Topliss-reactive ketones (excluding diaryl/α,β-unsaturated/α-hetero) is 2. The number of hydrogen-bond donors (Lipinski definition) is 0. The molecule has 0 bridgehead atoms. The van der Waals surface area contributed by atoms with Gasteiger partial charge in [0.25, 0.3) is 0 Å². The Balaban J connectivity index is 1.67. The first-order chi connectivity index (χ1) is 20.4. The van der Waals surface area contributed by atoms with Crippen molar-refractivity contribution < 1.29 is 23.8 Å². The van der Waals surface area contributed by atoms with Gasteiger partial charge in [0.05, 0.1) is 11.6 Å². The minimum absolute atomic E-state index is 0.0932. The summed E-state index contributed by atoms with van der Waals surface area (Å²) < 4.78 is 17.7. The van der Waals surface area contributed by atoms with Gasteiger partial charge in [0.2, 0.25) is 0 Å². The van der Waals surface area contributed by atoms with E-state index >= 15 is 0 Å². The Morgan fingerprint density at radius 3 is 2.05 bits per heavy atom. The van der Waals surface area contributed by atoms with Gasteiger partial charge in [0.1, 0.15) is 6.61 Å². The van der Waals surface area contributed by atoms with Gasteiger partial charge in [0, 0.05) is 61.6 Å². The number of benzene rings is 2. The number of methoxy groups -OCH3 is 1. The minimum atomic E-state index is -0.504. The Morgan fingerprint density at radius 1 is 0.884 bits per heavy atom. The summed E-state index contributed by atoms with van der Waals surface area (Å²) in [7, 11) is 1.70. The van der Waals surface area contributed by atoms with Gasteiger partial charge in [0.15, 0.2) is 23.1 Å². The lowest BCUT2D eigenvalue weighted by atomic mass is 9.63. The minimum Gasteiger partial charge on any atom is -0.490 e. The van der Waals surface area contributed by atoms with E-state index in [4.69, 9.17) is 25.8 Å². The number of allylic oxidation sites excluding steroid dienone is 4. The van der Waals surface area contributed by atoms with Gasteiger partial charge in [-0.05, 0) is 60.3 Å². The van der Waals surface area contributed by atoms with E-state index in [0.717, 1.165) is 52.9 Å². The molecule has 0 unspecified atom stereocenters. The molecule has 7 heteroatoms. The van der Waals surface area contributed by atoms with E-state index in [1.54, 1.807) is 7.11 Å². The number of ketones is 2. The van der Waals surface area contributed by atoms with Crippen LogP contribution in [-0.4, -0.2) is 43.3 Å². The maximum absolute atomic E-state index is 14.1. The zero-order valence-electron chi connectivity index (χ0n) is 26.3. The first-order valence-corrected chi connectivity index (χ1v) is 15.7. The van der Waals surface area contributed by atoms with Crippen LogP contribution >= 0.6 is 11.6 Å². The number of rotatable bonds is 10. The Labute approximate surface area is 261 Å². The summed E-state index contributed by atoms with van der Waals surface area (Å²) in [6.45, 7) is 12.6. The van der Waals surface area contributed by atoms with Crippen molar-refractivity contribution in [2.24, 2.45) is 10.8 Å². The Morgan fingerprint density at radius 2 is 1.49 bits per heavy atom. The molecule has 1 heterocycles. The molecule has 0 saturated heterocycles. The van der Waals surface area contributed by atoms with Crippen molar-refractivity contribution in [3.63, 3.8) is 0 Å². The molecule has 2 aliphatic carbocycles. The number of carbonyl (C=O) groups is 2. The van der Waals surface area contributed by atoms with Crippen molar-refractivity contribution >= 4 is 23.2 Å². The maximum atomic E-state index is 14.1. The third kappa shape index (κ3) is 6.56. The highest BCUT2D eigenvalue weighted by Gasteiger charge is 2.49. The molecule has 0 aromatic heterocycles. The monoisotopic (exact) mass is 605 g/mol. The first-order valence-electron chi connectivity index (χ1n) is 15.4. The van der Waals surface area contributed by atoms with Crippen molar-refractivity contribution in [2.45, 2.75) is 79.2 Å². The van der Waals surface area contributed by atoms with Gasteiger partial charge >= 0.3 is 0 Å². The summed E-state index contributed by atoms with van der Waals surface area (Å²) in [4.78, 5) is 30.5. The second-order valence-electron chi connectivity index (χ2n) is 13.6. The average molecular weight is 606 g/mol. The second kappa shape index (κ2) is 12.5. The molecule has 0 amide bonds. The molecule has 0 fully saturated rings. The molecule has 5 rings (SSSR count). The standard InChI is InChI=1S/C36H44ClNO5/c1-7-42-30-17-24(16-25(37)34(30)43-22-23-12-9-8-10-13-23)31-32-26(18-35(2,3)20-28(32)39)38(14-11-15-41-6)27-19-36(4,5)21-29(40)33(27)31/h8-10,12-13,16-17,31H,7,11,14-15,18-22H2,1-6H3. The van der Waals surface area contributed by atoms with Crippen LogP contribution in [-0.2, 0) is 20.9 Å². The molecular weight excluding hydrogens is 562 g/mol. The summed E-state index contributed by atoms with van der Waals surface area (Å²) in [5.41, 5.74) is 4.94. The predicted octanol–water partition coefficient (Wildman–Crippen LogP) is 8.04. The zero-order valence-corrected chi connectivity index (χ0v) is 27.1.